The van der Waals surface area contributed by atoms with Crippen molar-refractivity contribution in [1.82, 2.24) is 4.40 Å². The van der Waals surface area contributed by atoms with E-state index in [4.69, 9.17) is 9.47 Å². The molecule has 0 bridgehead atoms. The number of ether oxygens (including phenoxy) is 2. The van der Waals surface area contributed by atoms with Crippen LogP contribution in [0, 0.1) is 6.92 Å². The Morgan fingerprint density at radius 2 is 1.73 bits per heavy atom. The quantitative estimate of drug-likeness (QED) is 0.130. The molecule has 0 atom stereocenters. The van der Waals surface area contributed by atoms with Crippen molar-refractivity contribution in [3.05, 3.63) is 99.5 Å². The minimum atomic E-state index is -3.76. The molecule has 5 rings (SSSR count). The molecule has 0 aliphatic carbocycles. The Morgan fingerprint density at radius 1 is 1.00 bits per heavy atom. The highest BCUT2D eigenvalue weighted by Crippen LogP contribution is 2.40. The first-order valence-corrected chi connectivity index (χ1v) is 20.7. The van der Waals surface area contributed by atoms with Crippen LogP contribution in [0.2, 0.25) is 25.7 Å². The van der Waals surface area contributed by atoms with Crippen LogP contribution in [-0.2, 0) is 21.2 Å². The third-order valence-electron chi connectivity index (χ3n) is 7.38. The number of aryl methyl sites for hydroxylation is 1. The molecule has 5 aromatic rings. The third kappa shape index (κ3) is 6.74. The Balaban J connectivity index is 1.76. The highest BCUT2D eigenvalue weighted by Gasteiger charge is 2.28. The molecule has 0 fully saturated rings. The lowest BCUT2D eigenvalue weighted by atomic mass is 9.98. The number of carbonyl (C=O) groups is 1. The summed E-state index contributed by atoms with van der Waals surface area (Å²) >= 11 is 1.18. The molecule has 0 spiro atoms. The SMILES string of the molecule is COc1ccc(-c2sc3c(NS(C)(=O)=O)c(Cc4cccc5ccccc45)cc(=O)n3c2C(=O)OCC[Si](C)(C)C)cc1C. The molecular weight excluding hydrogens is 613 g/mol. The molecule has 3 aromatic carbocycles. The van der Waals surface area contributed by atoms with E-state index in [1.165, 1.54) is 21.8 Å². The predicted octanol–water partition coefficient (Wildman–Crippen LogP) is 6.96. The fraction of sp³-hybridized carbons (Fsp3) is 0.273. The zero-order chi connectivity index (χ0) is 31.8. The van der Waals surface area contributed by atoms with Gasteiger partial charge in [-0.3, -0.25) is 13.9 Å². The summed E-state index contributed by atoms with van der Waals surface area (Å²) in [6, 6.07) is 21.5. The lowest BCUT2D eigenvalue weighted by molar-refractivity contribution is 0.0518. The number of fused-ring (bicyclic) bond motifs is 2. The number of hydrogen-bond donors (Lipinski definition) is 1. The first-order valence-electron chi connectivity index (χ1n) is 14.2. The van der Waals surface area contributed by atoms with Gasteiger partial charge in [-0.15, -0.1) is 11.3 Å². The number of nitrogens with one attached hydrogen (secondary N) is 1. The second kappa shape index (κ2) is 12.2. The van der Waals surface area contributed by atoms with Crippen LogP contribution < -0.4 is 15.0 Å². The van der Waals surface area contributed by atoms with Gasteiger partial charge in [0.05, 0.1) is 30.5 Å². The van der Waals surface area contributed by atoms with Crippen LogP contribution in [0.15, 0.2) is 71.5 Å². The van der Waals surface area contributed by atoms with Crippen LogP contribution >= 0.6 is 11.3 Å². The van der Waals surface area contributed by atoms with Crippen molar-refractivity contribution >= 4 is 56.7 Å². The monoisotopic (exact) mass is 648 g/mol. The van der Waals surface area contributed by atoms with E-state index in [0.29, 0.717) is 33.0 Å². The Bertz CT molecular complexity index is 2050. The van der Waals surface area contributed by atoms with E-state index >= 15 is 0 Å². The molecule has 0 saturated heterocycles. The van der Waals surface area contributed by atoms with E-state index in [-0.39, 0.29) is 18.0 Å². The standard InChI is InChI=1S/C33H36N2O6S2Si/c1-21-18-24(14-15-27(21)40-2)31-30(33(37)41-16-17-44(4,5)6)35-28(36)20-25(29(32(35)42-31)34-43(3,38)39)19-23-12-9-11-22-10-7-8-13-26(22)23/h7-15,18,20,34H,16-17,19H2,1-6H3. The minimum Gasteiger partial charge on any atom is -0.496 e. The number of benzene rings is 3. The number of pyridine rings is 1. The molecule has 0 aliphatic heterocycles. The number of aromatic nitrogens is 1. The van der Waals surface area contributed by atoms with Crippen LogP contribution in [0.25, 0.3) is 26.0 Å². The predicted molar refractivity (Wildman–Crippen MR) is 182 cm³/mol. The van der Waals surface area contributed by atoms with Crippen molar-refractivity contribution in [2.45, 2.75) is 39.0 Å². The lowest BCUT2D eigenvalue weighted by Crippen LogP contribution is -2.25. The summed E-state index contributed by atoms with van der Waals surface area (Å²) in [6.45, 7) is 8.70. The smallest absolute Gasteiger partial charge is 0.356 e. The number of hydrogen-bond acceptors (Lipinski definition) is 7. The number of sulfonamides is 1. The van der Waals surface area contributed by atoms with Crippen molar-refractivity contribution in [1.29, 1.82) is 0 Å². The average molecular weight is 649 g/mol. The van der Waals surface area contributed by atoms with Crippen molar-refractivity contribution in [2.75, 3.05) is 24.7 Å². The number of methoxy groups -OCH3 is 1. The largest absolute Gasteiger partial charge is 0.496 e. The van der Waals surface area contributed by atoms with Gasteiger partial charge in [0.1, 0.15) is 10.6 Å². The topological polar surface area (TPSA) is 103 Å². The van der Waals surface area contributed by atoms with E-state index < -0.39 is 29.6 Å². The van der Waals surface area contributed by atoms with E-state index in [9.17, 15) is 18.0 Å². The van der Waals surface area contributed by atoms with E-state index in [1.54, 1.807) is 13.2 Å². The Hall–Kier alpha value is -3.93. The van der Waals surface area contributed by atoms with Gasteiger partial charge in [-0.1, -0.05) is 62.1 Å². The third-order valence-corrected chi connectivity index (χ3v) is 10.9. The van der Waals surface area contributed by atoms with Crippen LogP contribution in [0.5, 0.6) is 5.75 Å². The first kappa shape index (κ1) is 31.5. The van der Waals surface area contributed by atoms with E-state index in [0.717, 1.165) is 34.2 Å². The number of thiazole rings is 1. The average Bonchev–Trinajstić information content (AvgIpc) is 3.36. The molecule has 0 radical (unpaired) electrons. The van der Waals surface area contributed by atoms with Gasteiger partial charge in [-0.05, 0) is 64.2 Å². The summed E-state index contributed by atoms with van der Waals surface area (Å²) in [5, 5.41) is 2.05. The molecule has 0 aliphatic rings. The molecule has 2 aromatic heterocycles. The summed E-state index contributed by atoms with van der Waals surface area (Å²) in [7, 11) is -3.68. The van der Waals surface area contributed by atoms with Crippen LogP contribution in [0.3, 0.4) is 0 Å². The van der Waals surface area contributed by atoms with Gasteiger partial charge in [0, 0.05) is 20.6 Å². The second-order valence-corrected chi connectivity index (χ2v) is 20.5. The molecule has 8 nitrogen and oxygen atoms in total. The molecule has 11 heteroatoms. The van der Waals surface area contributed by atoms with Crippen molar-refractivity contribution in [3.63, 3.8) is 0 Å². The van der Waals surface area contributed by atoms with Crippen LogP contribution in [-0.4, -0.2) is 46.8 Å². The van der Waals surface area contributed by atoms with Gasteiger partial charge < -0.3 is 9.47 Å². The number of carbonyl (C=O) groups excluding carboxylic acids is 1. The summed E-state index contributed by atoms with van der Waals surface area (Å²) in [6.07, 6.45) is 1.37. The van der Waals surface area contributed by atoms with Gasteiger partial charge in [-0.2, -0.15) is 0 Å². The Labute approximate surface area is 262 Å². The summed E-state index contributed by atoms with van der Waals surface area (Å²) in [5.74, 6) is 0.0512. The fourth-order valence-electron chi connectivity index (χ4n) is 5.19. The van der Waals surface area contributed by atoms with Gasteiger partial charge in [0.25, 0.3) is 5.56 Å². The molecule has 2 heterocycles. The summed E-state index contributed by atoms with van der Waals surface area (Å²) in [5.41, 5.74) is 2.87. The highest BCUT2D eigenvalue weighted by atomic mass is 32.2. The number of anilines is 1. The highest BCUT2D eigenvalue weighted by molar-refractivity contribution is 7.92. The molecule has 230 valence electrons. The molecule has 0 saturated carbocycles. The molecule has 0 unspecified atom stereocenters. The Morgan fingerprint density at radius 3 is 2.41 bits per heavy atom. The van der Waals surface area contributed by atoms with Gasteiger partial charge in [0.15, 0.2) is 5.69 Å². The van der Waals surface area contributed by atoms with Gasteiger partial charge >= 0.3 is 5.97 Å². The maximum atomic E-state index is 13.9. The Kier molecular flexibility index (Phi) is 8.74. The molecule has 44 heavy (non-hydrogen) atoms. The zero-order valence-corrected chi connectivity index (χ0v) is 28.3. The van der Waals surface area contributed by atoms with Crippen LogP contribution in [0.4, 0.5) is 5.69 Å². The zero-order valence-electron chi connectivity index (χ0n) is 25.7. The van der Waals surface area contributed by atoms with Crippen LogP contribution in [0.1, 0.15) is 27.2 Å². The summed E-state index contributed by atoms with van der Waals surface area (Å²) in [4.78, 5) is 28.5. The lowest BCUT2D eigenvalue weighted by Gasteiger charge is -2.16. The van der Waals surface area contributed by atoms with Gasteiger partial charge in [-0.25, -0.2) is 13.2 Å². The summed E-state index contributed by atoms with van der Waals surface area (Å²) < 4.78 is 40.5. The first-order chi connectivity index (χ1) is 20.8. The second-order valence-electron chi connectivity index (χ2n) is 12.1. The molecule has 1 N–H and O–H groups in total. The maximum absolute atomic E-state index is 13.9. The molecular formula is C33H36N2O6S2Si. The van der Waals surface area contributed by atoms with Crippen molar-refractivity contribution in [3.8, 4) is 16.2 Å². The fourth-order valence-corrected chi connectivity index (χ4v) is 7.84. The normalized spacial score (nSPS) is 12.0. The maximum Gasteiger partial charge on any atom is 0.356 e. The van der Waals surface area contributed by atoms with E-state index in [2.05, 4.69) is 24.4 Å². The van der Waals surface area contributed by atoms with Crippen molar-refractivity contribution in [2.24, 2.45) is 0 Å². The van der Waals surface area contributed by atoms with Crippen molar-refractivity contribution < 1.29 is 22.7 Å². The number of rotatable bonds is 10. The van der Waals surface area contributed by atoms with Gasteiger partial charge in [0.2, 0.25) is 10.0 Å². The molecule has 0 amide bonds. The number of nitrogens with zero attached hydrogens (tertiary/aromatic N) is 1. The number of esters is 1. The minimum absolute atomic E-state index is 0.0726. The van der Waals surface area contributed by atoms with E-state index in [1.807, 2.05) is 61.5 Å².